The smallest absolute Gasteiger partial charge is 0.122 e. The highest BCUT2D eigenvalue weighted by atomic mass is 79.9. The van der Waals surface area contributed by atoms with Crippen LogP contribution in [0.25, 0.3) is 0 Å². The molecule has 1 unspecified atom stereocenters. The summed E-state index contributed by atoms with van der Waals surface area (Å²) in [5.74, 6) is 1.08. The van der Waals surface area contributed by atoms with Gasteiger partial charge in [-0.05, 0) is 36.5 Å². The predicted molar refractivity (Wildman–Crippen MR) is 66.8 cm³/mol. The maximum absolute atomic E-state index is 5.60. The van der Waals surface area contributed by atoms with E-state index in [0.29, 0.717) is 4.83 Å². The van der Waals surface area contributed by atoms with E-state index in [0.717, 1.165) is 25.2 Å². The average Bonchev–Trinajstić information content (AvgIpc) is 2.29. The third-order valence-corrected chi connectivity index (χ3v) is 3.82. The lowest BCUT2D eigenvalue weighted by Gasteiger charge is -2.19. The number of aryl methyl sites for hydroxylation is 1. The van der Waals surface area contributed by atoms with E-state index in [1.807, 2.05) is 0 Å². The highest BCUT2D eigenvalue weighted by Gasteiger charge is 2.13. The summed E-state index contributed by atoms with van der Waals surface area (Å²) in [6, 6.07) is 6.59. The summed E-state index contributed by atoms with van der Waals surface area (Å²) in [6.45, 7) is 3.09. The van der Waals surface area contributed by atoms with Gasteiger partial charge in [0.1, 0.15) is 5.75 Å². The zero-order valence-corrected chi connectivity index (χ0v) is 10.7. The van der Waals surface area contributed by atoms with Gasteiger partial charge in [0, 0.05) is 4.83 Å². The lowest BCUT2D eigenvalue weighted by molar-refractivity contribution is 0.288. The largest absolute Gasteiger partial charge is 0.493 e. The van der Waals surface area contributed by atoms with Crippen molar-refractivity contribution in [2.45, 2.75) is 37.4 Å². The third-order valence-electron chi connectivity index (χ3n) is 2.84. The van der Waals surface area contributed by atoms with Crippen LogP contribution in [-0.4, -0.2) is 6.61 Å². The SMILES string of the molecule is CCCC(Br)c1ccc2c(c1)CCCO2. The number of hydrogen-bond acceptors (Lipinski definition) is 1. The molecule has 0 fully saturated rings. The highest BCUT2D eigenvalue weighted by Crippen LogP contribution is 2.33. The van der Waals surface area contributed by atoms with Gasteiger partial charge in [-0.3, -0.25) is 0 Å². The molecule has 1 nitrogen and oxygen atoms in total. The Bertz CT molecular complexity index is 335. The van der Waals surface area contributed by atoms with Gasteiger partial charge in [-0.15, -0.1) is 0 Å². The second-order valence-corrected chi connectivity index (χ2v) is 5.18. The summed E-state index contributed by atoms with van der Waals surface area (Å²) in [5.41, 5.74) is 2.76. The van der Waals surface area contributed by atoms with Crippen LogP contribution < -0.4 is 4.74 Å². The van der Waals surface area contributed by atoms with Crippen LogP contribution in [-0.2, 0) is 6.42 Å². The summed E-state index contributed by atoms with van der Waals surface area (Å²) < 4.78 is 5.60. The number of rotatable bonds is 3. The number of benzene rings is 1. The molecule has 0 saturated heterocycles. The fraction of sp³-hybridized carbons (Fsp3) is 0.538. The molecule has 0 amide bonds. The summed E-state index contributed by atoms with van der Waals surface area (Å²) in [6.07, 6.45) is 4.72. The number of alkyl halides is 1. The lowest BCUT2D eigenvalue weighted by Crippen LogP contribution is -2.08. The number of ether oxygens (including phenoxy) is 1. The second kappa shape index (κ2) is 5.02. The van der Waals surface area contributed by atoms with Crippen molar-refractivity contribution in [2.24, 2.45) is 0 Å². The molecular weight excluding hydrogens is 252 g/mol. The quantitative estimate of drug-likeness (QED) is 0.745. The van der Waals surface area contributed by atoms with Crippen molar-refractivity contribution in [3.63, 3.8) is 0 Å². The Labute approximate surface area is 100.0 Å². The van der Waals surface area contributed by atoms with E-state index in [9.17, 15) is 0 Å². The van der Waals surface area contributed by atoms with E-state index >= 15 is 0 Å². The second-order valence-electron chi connectivity index (χ2n) is 4.08. The minimum Gasteiger partial charge on any atom is -0.493 e. The monoisotopic (exact) mass is 268 g/mol. The number of halogens is 1. The Morgan fingerprint density at radius 3 is 3.13 bits per heavy atom. The third kappa shape index (κ3) is 2.54. The van der Waals surface area contributed by atoms with Gasteiger partial charge in [-0.1, -0.05) is 41.4 Å². The molecule has 1 aliphatic rings. The Hall–Kier alpha value is -0.500. The Morgan fingerprint density at radius 1 is 1.47 bits per heavy atom. The van der Waals surface area contributed by atoms with Crippen molar-refractivity contribution < 1.29 is 4.74 Å². The van der Waals surface area contributed by atoms with Crippen LogP contribution in [0.3, 0.4) is 0 Å². The summed E-state index contributed by atoms with van der Waals surface area (Å²) in [4.78, 5) is 0.495. The molecule has 1 heterocycles. The molecule has 0 saturated carbocycles. The molecule has 2 rings (SSSR count). The predicted octanol–water partition coefficient (Wildman–Crippen LogP) is 4.25. The van der Waals surface area contributed by atoms with Crippen LogP contribution in [0.2, 0.25) is 0 Å². The number of hydrogen-bond donors (Lipinski definition) is 0. The van der Waals surface area contributed by atoms with Gasteiger partial charge < -0.3 is 4.74 Å². The van der Waals surface area contributed by atoms with Crippen molar-refractivity contribution in [3.8, 4) is 5.75 Å². The maximum atomic E-state index is 5.60. The molecular formula is C13H17BrO. The van der Waals surface area contributed by atoms with E-state index < -0.39 is 0 Å². The minimum absolute atomic E-state index is 0.495. The van der Waals surface area contributed by atoms with Gasteiger partial charge in [-0.25, -0.2) is 0 Å². The normalized spacial score (nSPS) is 16.7. The van der Waals surface area contributed by atoms with Crippen LogP contribution in [0, 0.1) is 0 Å². The van der Waals surface area contributed by atoms with Crippen molar-refractivity contribution in [1.29, 1.82) is 0 Å². The average molecular weight is 269 g/mol. The molecule has 1 aromatic carbocycles. The maximum Gasteiger partial charge on any atom is 0.122 e. The molecule has 82 valence electrons. The highest BCUT2D eigenvalue weighted by molar-refractivity contribution is 9.09. The first-order chi connectivity index (χ1) is 7.31. The molecule has 15 heavy (non-hydrogen) atoms. The molecule has 0 aromatic heterocycles. The van der Waals surface area contributed by atoms with E-state index in [-0.39, 0.29) is 0 Å². The van der Waals surface area contributed by atoms with Crippen molar-refractivity contribution in [2.75, 3.05) is 6.61 Å². The Morgan fingerprint density at radius 2 is 2.33 bits per heavy atom. The summed E-state index contributed by atoms with van der Waals surface area (Å²) in [5, 5.41) is 0. The summed E-state index contributed by atoms with van der Waals surface area (Å²) >= 11 is 3.73. The van der Waals surface area contributed by atoms with E-state index in [1.54, 1.807) is 0 Å². The van der Waals surface area contributed by atoms with Crippen molar-refractivity contribution in [1.82, 2.24) is 0 Å². The molecule has 0 aliphatic carbocycles. The first-order valence-corrected chi connectivity index (χ1v) is 6.62. The lowest BCUT2D eigenvalue weighted by atomic mass is 10.0. The van der Waals surface area contributed by atoms with Gasteiger partial charge in [0.05, 0.1) is 6.61 Å². The van der Waals surface area contributed by atoms with Crippen LogP contribution in [0.15, 0.2) is 18.2 Å². The van der Waals surface area contributed by atoms with Crippen LogP contribution in [0.1, 0.15) is 42.1 Å². The molecule has 0 N–H and O–H groups in total. The van der Waals surface area contributed by atoms with Gasteiger partial charge in [0.2, 0.25) is 0 Å². The molecule has 2 heteroatoms. The molecule has 1 atom stereocenters. The molecule has 1 aliphatic heterocycles. The Balaban J connectivity index is 2.20. The molecule has 0 radical (unpaired) electrons. The van der Waals surface area contributed by atoms with Crippen LogP contribution in [0.5, 0.6) is 5.75 Å². The molecule has 0 spiro atoms. The number of fused-ring (bicyclic) bond motifs is 1. The fourth-order valence-electron chi connectivity index (χ4n) is 2.00. The Kier molecular flexibility index (Phi) is 3.68. The summed E-state index contributed by atoms with van der Waals surface area (Å²) in [7, 11) is 0. The van der Waals surface area contributed by atoms with Gasteiger partial charge in [0.25, 0.3) is 0 Å². The molecule has 1 aromatic rings. The van der Waals surface area contributed by atoms with Gasteiger partial charge in [-0.2, -0.15) is 0 Å². The topological polar surface area (TPSA) is 9.23 Å². The first-order valence-electron chi connectivity index (χ1n) is 5.71. The fourth-order valence-corrected chi connectivity index (χ4v) is 2.74. The zero-order chi connectivity index (χ0) is 10.7. The van der Waals surface area contributed by atoms with Gasteiger partial charge >= 0.3 is 0 Å². The van der Waals surface area contributed by atoms with Crippen LogP contribution in [0.4, 0.5) is 0 Å². The van der Waals surface area contributed by atoms with Crippen LogP contribution >= 0.6 is 15.9 Å². The molecule has 0 bridgehead atoms. The van der Waals surface area contributed by atoms with Crippen molar-refractivity contribution >= 4 is 15.9 Å². The van der Waals surface area contributed by atoms with Crippen molar-refractivity contribution in [3.05, 3.63) is 29.3 Å². The van der Waals surface area contributed by atoms with Gasteiger partial charge in [0.15, 0.2) is 0 Å². The standard InChI is InChI=1S/C13H17BrO/c1-2-4-12(14)10-6-7-13-11(9-10)5-3-8-15-13/h6-7,9,12H,2-5,8H2,1H3. The van der Waals surface area contributed by atoms with E-state index in [1.165, 1.54) is 24.0 Å². The zero-order valence-electron chi connectivity index (χ0n) is 9.13. The minimum atomic E-state index is 0.495. The first kappa shape index (κ1) is 11.0. The van der Waals surface area contributed by atoms with E-state index in [4.69, 9.17) is 4.74 Å². The van der Waals surface area contributed by atoms with E-state index in [2.05, 4.69) is 41.1 Å².